The Morgan fingerprint density at radius 1 is 1.28 bits per heavy atom. The number of nitrogens with zero attached hydrogens (tertiary/aromatic N) is 3. The predicted octanol–water partition coefficient (Wildman–Crippen LogP) is 2.57. The van der Waals surface area contributed by atoms with E-state index in [1.165, 1.54) is 23.5 Å². The molecule has 7 heteroatoms. The number of amides is 2. The zero-order valence-electron chi connectivity index (χ0n) is 13.8. The summed E-state index contributed by atoms with van der Waals surface area (Å²) in [6.07, 6.45) is 0. The molecule has 2 aliphatic rings. The first kappa shape index (κ1) is 16.2. The van der Waals surface area contributed by atoms with Crippen LogP contribution in [0.5, 0.6) is 0 Å². The Hall–Kier alpha value is -2.28. The van der Waals surface area contributed by atoms with Gasteiger partial charge in [0.25, 0.3) is 5.91 Å². The second kappa shape index (κ2) is 6.22. The van der Waals surface area contributed by atoms with Crippen molar-refractivity contribution < 1.29 is 14.0 Å². The van der Waals surface area contributed by atoms with E-state index in [2.05, 4.69) is 4.98 Å². The van der Waals surface area contributed by atoms with Gasteiger partial charge in [-0.25, -0.2) is 9.37 Å². The highest BCUT2D eigenvalue weighted by molar-refractivity contribution is 7.07. The molecule has 0 saturated carbocycles. The van der Waals surface area contributed by atoms with Gasteiger partial charge in [0, 0.05) is 43.8 Å². The summed E-state index contributed by atoms with van der Waals surface area (Å²) in [5.41, 5.74) is 2.92. The average Bonchev–Trinajstić information content (AvgIpc) is 3.29. The number of likely N-dealkylation sites (tertiary alicyclic amines) is 2. The van der Waals surface area contributed by atoms with Gasteiger partial charge >= 0.3 is 0 Å². The molecule has 3 atom stereocenters. The van der Waals surface area contributed by atoms with Gasteiger partial charge in [0.2, 0.25) is 5.91 Å². The molecule has 2 aromatic rings. The van der Waals surface area contributed by atoms with E-state index in [1.54, 1.807) is 23.9 Å². The van der Waals surface area contributed by atoms with Crippen LogP contribution in [0, 0.1) is 17.7 Å². The van der Waals surface area contributed by atoms with Crippen molar-refractivity contribution >= 4 is 23.2 Å². The average molecular weight is 359 g/mol. The summed E-state index contributed by atoms with van der Waals surface area (Å²) in [7, 11) is 0. The van der Waals surface area contributed by atoms with Crippen LogP contribution in [0.1, 0.15) is 29.0 Å². The molecule has 2 saturated heterocycles. The SMILES string of the molecule is CC(=O)N1C[C@H]2CN(C(=O)c3cscn3)C[C@H]2[C@H]1c1cccc(F)c1. The highest BCUT2D eigenvalue weighted by Gasteiger charge is 2.49. The number of aromatic nitrogens is 1. The lowest BCUT2D eigenvalue weighted by atomic mass is 9.89. The summed E-state index contributed by atoms with van der Waals surface area (Å²) < 4.78 is 13.7. The molecule has 4 rings (SSSR count). The third kappa shape index (κ3) is 2.82. The highest BCUT2D eigenvalue weighted by atomic mass is 32.1. The number of benzene rings is 1. The summed E-state index contributed by atoms with van der Waals surface area (Å²) in [4.78, 5) is 32.4. The summed E-state index contributed by atoms with van der Waals surface area (Å²) in [6.45, 7) is 3.32. The molecule has 0 radical (unpaired) electrons. The molecule has 2 fully saturated rings. The molecular formula is C18H18FN3O2S. The van der Waals surface area contributed by atoms with E-state index in [9.17, 15) is 14.0 Å². The van der Waals surface area contributed by atoms with Gasteiger partial charge in [-0.05, 0) is 17.7 Å². The number of fused-ring (bicyclic) bond motifs is 1. The first-order chi connectivity index (χ1) is 12.0. The van der Waals surface area contributed by atoms with E-state index in [0.717, 1.165) is 5.56 Å². The number of thiazole rings is 1. The first-order valence-electron chi connectivity index (χ1n) is 8.24. The summed E-state index contributed by atoms with van der Waals surface area (Å²) in [5.74, 6) is -0.0602. The maximum absolute atomic E-state index is 13.7. The molecule has 0 bridgehead atoms. The molecule has 2 aliphatic heterocycles. The van der Waals surface area contributed by atoms with Crippen LogP contribution in [0.2, 0.25) is 0 Å². The quantitative estimate of drug-likeness (QED) is 0.828. The van der Waals surface area contributed by atoms with Crippen molar-refractivity contribution in [1.29, 1.82) is 0 Å². The van der Waals surface area contributed by atoms with Crippen LogP contribution in [0.25, 0.3) is 0 Å². The Morgan fingerprint density at radius 2 is 2.12 bits per heavy atom. The van der Waals surface area contributed by atoms with Crippen LogP contribution in [-0.4, -0.2) is 46.2 Å². The molecule has 25 heavy (non-hydrogen) atoms. The molecule has 5 nitrogen and oxygen atoms in total. The van der Waals surface area contributed by atoms with Crippen molar-refractivity contribution in [2.75, 3.05) is 19.6 Å². The van der Waals surface area contributed by atoms with Gasteiger partial charge in [-0.1, -0.05) is 12.1 Å². The van der Waals surface area contributed by atoms with Gasteiger partial charge in [-0.3, -0.25) is 9.59 Å². The van der Waals surface area contributed by atoms with Gasteiger partial charge in [0.1, 0.15) is 11.5 Å². The molecular weight excluding hydrogens is 341 g/mol. The summed E-state index contributed by atoms with van der Waals surface area (Å²) in [5, 5.41) is 1.75. The van der Waals surface area contributed by atoms with E-state index >= 15 is 0 Å². The largest absolute Gasteiger partial charge is 0.337 e. The Bertz CT molecular complexity index is 810. The topological polar surface area (TPSA) is 53.5 Å². The smallest absolute Gasteiger partial charge is 0.273 e. The van der Waals surface area contributed by atoms with Gasteiger partial charge < -0.3 is 9.80 Å². The first-order valence-corrected chi connectivity index (χ1v) is 9.19. The number of hydrogen-bond donors (Lipinski definition) is 0. The lowest BCUT2D eigenvalue weighted by Gasteiger charge is -2.29. The van der Waals surface area contributed by atoms with Crippen LogP contribution in [0.3, 0.4) is 0 Å². The third-order valence-electron chi connectivity index (χ3n) is 5.20. The Morgan fingerprint density at radius 3 is 2.80 bits per heavy atom. The highest BCUT2D eigenvalue weighted by Crippen LogP contribution is 2.45. The monoisotopic (exact) mass is 359 g/mol. The maximum Gasteiger partial charge on any atom is 0.273 e. The molecule has 0 N–H and O–H groups in total. The van der Waals surface area contributed by atoms with Crippen molar-refractivity contribution in [2.24, 2.45) is 11.8 Å². The minimum absolute atomic E-state index is 0.0129. The van der Waals surface area contributed by atoms with E-state index in [-0.39, 0.29) is 35.5 Å². The zero-order chi connectivity index (χ0) is 17.6. The van der Waals surface area contributed by atoms with Crippen molar-refractivity contribution in [1.82, 2.24) is 14.8 Å². The second-order valence-electron chi connectivity index (χ2n) is 6.68. The standard InChI is InChI=1S/C18H18FN3O2S/c1-11(23)22-7-13-6-21(18(24)16-9-25-10-20-16)8-15(13)17(22)12-3-2-4-14(19)5-12/h2-5,9-10,13,15,17H,6-8H2,1H3/t13-,15-,17-/m1/s1. The van der Waals surface area contributed by atoms with Crippen molar-refractivity contribution in [3.05, 3.63) is 52.2 Å². The van der Waals surface area contributed by atoms with Gasteiger partial charge in [-0.2, -0.15) is 0 Å². The lowest BCUT2D eigenvalue weighted by molar-refractivity contribution is -0.130. The van der Waals surface area contributed by atoms with Gasteiger partial charge in [0.05, 0.1) is 11.6 Å². The Balaban J connectivity index is 1.61. The number of carbonyl (C=O) groups is 2. The van der Waals surface area contributed by atoms with Gasteiger partial charge in [-0.15, -0.1) is 11.3 Å². The Labute approximate surface area is 149 Å². The molecule has 0 aliphatic carbocycles. The van der Waals surface area contributed by atoms with Gasteiger partial charge in [0.15, 0.2) is 0 Å². The number of carbonyl (C=O) groups excluding carboxylic acids is 2. The van der Waals surface area contributed by atoms with Crippen molar-refractivity contribution in [3.8, 4) is 0 Å². The zero-order valence-corrected chi connectivity index (χ0v) is 14.6. The van der Waals surface area contributed by atoms with Crippen molar-refractivity contribution in [3.63, 3.8) is 0 Å². The molecule has 0 unspecified atom stereocenters. The third-order valence-corrected chi connectivity index (χ3v) is 5.78. The lowest BCUT2D eigenvalue weighted by Crippen LogP contribution is -2.36. The number of hydrogen-bond acceptors (Lipinski definition) is 4. The predicted molar refractivity (Wildman–Crippen MR) is 91.5 cm³/mol. The molecule has 1 aromatic heterocycles. The molecule has 3 heterocycles. The summed E-state index contributed by atoms with van der Waals surface area (Å²) in [6, 6.07) is 6.24. The molecule has 2 amide bonds. The number of rotatable bonds is 2. The van der Waals surface area contributed by atoms with Crippen LogP contribution in [0.15, 0.2) is 35.2 Å². The van der Waals surface area contributed by atoms with Crippen LogP contribution in [0.4, 0.5) is 4.39 Å². The normalized spacial score (nSPS) is 25.3. The minimum atomic E-state index is -0.308. The van der Waals surface area contributed by atoms with E-state index < -0.39 is 0 Å². The number of halogens is 1. The second-order valence-corrected chi connectivity index (χ2v) is 7.40. The van der Waals surface area contributed by atoms with E-state index in [4.69, 9.17) is 0 Å². The van der Waals surface area contributed by atoms with Crippen LogP contribution < -0.4 is 0 Å². The minimum Gasteiger partial charge on any atom is -0.337 e. The fourth-order valence-electron chi connectivity index (χ4n) is 4.13. The fourth-order valence-corrected chi connectivity index (χ4v) is 4.66. The molecule has 130 valence electrons. The van der Waals surface area contributed by atoms with E-state index in [0.29, 0.717) is 25.3 Å². The molecule has 1 aromatic carbocycles. The molecule has 0 spiro atoms. The van der Waals surface area contributed by atoms with Crippen molar-refractivity contribution in [2.45, 2.75) is 13.0 Å². The van der Waals surface area contributed by atoms with Crippen LogP contribution >= 0.6 is 11.3 Å². The van der Waals surface area contributed by atoms with Crippen LogP contribution in [-0.2, 0) is 4.79 Å². The van der Waals surface area contributed by atoms with E-state index in [1.807, 2.05) is 15.9 Å². The Kier molecular flexibility index (Phi) is 4.03. The fraction of sp³-hybridized carbons (Fsp3) is 0.389. The maximum atomic E-state index is 13.7. The summed E-state index contributed by atoms with van der Waals surface area (Å²) >= 11 is 1.40.